The van der Waals surface area contributed by atoms with Crippen LogP contribution in [0.2, 0.25) is 0 Å². The molecule has 0 radical (unpaired) electrons. The molecule has 19 heavy (non-hydrogen) atoms. The molecule has 4 nitrogen and oxygen atoms in total. The predicted octanol–water partition coefficient (Wildman–Crippen LogP) is 2.77. The topological polar surface area (TPSA) is 47.0 Å². The summed E-state index contributed by atoms with van der Waals surface area (Å²) in [5.74, 6) is 0. The van der Waals surface area contributed by atoms with Crippen molar-refractivity contribution in [2.75, 3.05) is 13.7 Å². The van der Waals surface area contributed by atoms with E-state index in [1.165, 1.54) is 4.88 Å². The van der Waals surface area contributed by atoms with Crippen molar-refractivity contribution in [2.24, 2.45) is 0 Å². The van der Waals surface area contributed by atoms with Crippen molar-refractivity contribution in [2.45, 2.75) is 27.0 Å². The van der Waals surface area contributed by atoms with Crippen molar-refractivity contribution in [1.29, 1.82) is 0 Å². The number of aromatic nitrogens is 2. The van der Waals surface area contributed by atoms with Gasteiger partial charge in [0.25, 0.3) is 0 Å². The van der Waals surface area contributed by atoms with E-state index in [2.05, 4.69) is 35.2 Å². The van der Waals surface area contributed by atoms with Crippen LogP contribution in [0.25, 0.3) is 10.7 Å². The summed E-state index contributed by atoms with van der Waals surface area (Å²) in [5, 5.41) is 4.31. The zero-order valence-corrected chi connectivity index (χ0v) is 12.4. The van der Waals surface area contributed by atoms with E-state index < -0.39 is 0 Å². The lowest BCUT2D eigenvalue weighted by molar-refractivity contribution is 0.181. The number of nitrogens with one attached hydrogen (secondary N) is 1. The first-order valence-corrected chi connectivity index (χ1v) is 7.18. The zero-order chi connectivity index (χ0) is 13.7. The molecule has 0 aromatic carbocycles. The fourth-order valence-corrected chi connectivity index (χ4v) is 2.92. The lowest BCUT2D eigenvalue weighted by Crippen LogP contribution is -2.12. The van der Waals surface area contributed by atoms with E-state index in [1.807, 2.05) is 12.3 Å². The summed E-state index contributed by atoms with van der Waals surface area (Å²) >= 11 is 1.69. The van der Waals surface area contributed by atoms with Crippen molar-refractivity contribution in [3.05, 3.63) is 34.5 Å². The number of thiazole rings is 1. The zero-order valence-electron chi connectivity index (χ0n) is 11.6. The van der Waals surface area contributed by atoms with Crippen LogP contribution >= 0.6 is 11.3 Å². The lowest BCUT2D eigenvalue weighted by Gasteiger charge is -2.00. The van der Waals surface area contributed by atoms with E-state index in [9.17, 15) is 0 Å². The van der Waals surface area contributed by atoms with Gasteiger partial charge in [0.15, 0.2) is 0 Å². The smallest absolute Gasteiger partial charge is 0.142 e. The molecule has 102 valence electrons. The van der Waals surface area contributed by atoms with Gasteiger partial charge in [-0.25, -0.2) is 4.98 Å². The van der Waals surface area contributed by atoms with Crippen molar-refractivity contribution in [3.8, 4) is 10.7 Å². The largest absolute Gasteiger partial charge is 0.378 e. The monoisotopic (exact) mass is 277 g/mol. The highest BCUT2D eigenvalue weighted by molar-refractivity contribution is 7.15. The quantitative estimate of drug-likeness (QED) is 0.882. The van der Waals surface area contributed by atoms with E-state index in [0.717, 1.165) is 35.0 Å². The minimum absolute atomic E-state index is 0.545. The van der Waals surface area contributed by atoms with E-state index >= 15 is 0 Å². The van der Waals surface area contributed by atoms with Crippen molar-refractivity contribution >= 4 is 11.3 Å². The number of hydrogen-bond acceptors (Lipinski definition) is 5. The second-order valence-corrected chi connectivity index (χ2v) is 5.35. The molecule has 0 bridgehead atoms. The van der Waals surface area contributed by atoms with Gasteiger partial charge in [-0.15, -0.1) is 11.3 Å². The second kappa shape index (κ2) is 6.75. The maximum atomic E-state index is 5.22. The van der Waals surface area contributed by atoms with Gasteiger partial charge in [-0.2, -0.15) is 0 Å². The number of rotatable bonds is 6. The third kappa shape index (κ3) is 3.37. The Bertz CT molecular complexity index is 539. The normalized spacial score (nSPS) is 10.9. The van der Waals surface area contributed by atoms with Crippen LogP contribution in [-0.2, 0) is 17.9 Å². The van der Waals surface area contributed by atoms with Gasteiger partial charge in [0.05, 0.1) is 12.3 Å². The van der Waals surface area contributed by atoms with Crippen LogP contribution in [0.5, 0.6) is 0 Å². The molecule has 0 amide bonds. The number of aryl methyl sites for hydroxylation is 1. The number of hydrogen-bond donors (Lipinski definition) is 1. The maximum Gasteiger partial charge on any atom is 0.142 e. The Morgan fingerprint density at radius 3 is 2.95 bits per heavy atom. The molecule has 1 N–H and O–H groups in total. The predicted molar refractivity (Wildman–Crippen MR) is 78.2 cm³/mol. The fourth-order valence-electron chi connectivity index (χ4n) is 1.82. The Morgan fingerprint density at radius 2 is 2.26 bits per heavy atom. The van der Waals surface area contributed by atoms with Crippen LogP contribution in [-0.4, -0.2) is 23.6 Å². The summed E-state index contributed by atoms with van der Waals surface area (Å²) in [6.45, 7) is 6.48. The van der Waals surface area contributed by atoms with Crippen LogP contribution in [0.15, 0.2) is 18.3 Å². The van der Waals surface area contributed by atoms with Crippen LogP contribution in [0.1, 0.15) is 23.1 Å². The highest BCUT2D eigenvalue weighted by atomic mass is 32.1. The summed E-state index contributed by atoms with van der Waals surface area (Å²) in [6.07, 6.45) is 1.81. The summed E-state index contributed by atoms with van der Waals surface area (Å²) in [4.78, 5) is 10.3. The molecule has 2 rings (SSSR count). The van der Waals surface area contributed by atoms with Crippen molar-refractivity contribution < 1.29 is 4.74 Å². The van der Waals surface area contributed by atoms with Crippen molar-refractivity contribution in [3.63, 3.8) is 0 Å². The Balaban J connectivity index is 2.34. The van der Waals surface area contributed by atoms with Crippen LogP contribution in [0, 0.1) is 6.92 Å². The summed E-state index contributed by atoms with van der Waals surface area (Å²) < 4.78 is 5.22. The molecule has 0 saturated heterocycles. The molecule has 5 heteroatoms. The van der Waals surface area contributed by atoms with Gasteiger partial charge in [0.2, 0.25) is 0 Å². The molecule has 0 aliphatic heterocycles. The van der Waals surface area contributed by atoms with E-state index in [4.69, 9.17) is 4.74 Å². The molecule has 2 heterocycles. The molecule has 2 aromatic rings. The SMILES string of the molecule is CCNCc1sc(-c2ncccc2C)nc1COC. The number of ether oxygens (including phenoxy) is 1. The summed E-state index contributed by atoms with van der Waals surface area (Å²) in [5.41, 5.74) is 3.12. The van der Waals surface area contributed by atoms with E-state index in [-0.39, 0.29) is 0 Å². The molecule has 0 atom stereocenters. The lowest BCUT2D eigenvalue weighted by atomic mass is 10.2. The minimum atomic E-state index is 0.545. The van der Waals surface area contributed by atoms with E-state index in [1.54, 1.807) is 18.4 Å². The number of nitrogens with zero attached hydrogens (tertiary/aromatic N) is 2. The van der Waals surface area contributed by atoms with Gasteiger partial charge >= 0.3 is 0 Å². The van der Waals surface area contributed by atoms with Gasteiger partial charge < -0.3 is 10.1 Å². The van der Waals surface area contributed by atoms with Gasteiger partial charge in [-0.3, -0.25) is 4.98 Å². The Hall–Kier alpha value is -1.30. The molecule has 0 spiro atoms. The van der Waals surface area contributed by atoms with Gasteiger partial charge in [0, 0.05) is 24.7 Å². The first kappa shape index (κ1) is 14.1. The standard InChI is InChI=1S/C14H19N3OS/c1-4-15-8-12-11(9-18-3)17-14(19-12)13-10(2)6-5-7-16-13/h5-7,15H,4,8-9H2,1-3H3. The molecule has 0 saturated carbocycles. The van der Waals surface area contributed by atoms with Gasteiger partial charge in [-0.05, 0) is 25.1 Å². The third-order valence-electron chi connectivity index (χ3n) is 2.81. The average molecular weight is 277 g/mol. The van der Waals surface area contributed by atoms with Crippen LogP contribution < -0.4 is 5.32 Å². The molecule has 2 aromatic heterocycles. The van der Waals surface area contributed by atoms with Crippen LogP contribution in [0.3, 0.4) is 0 Å². The molecular weight excluding hydrogens is 258 g/mol. The maximum absolute atomic E-state index is 5.22. The summed E-state index contributed by atoms with van der Waals surface area (Å²) in [7, 11) is 1.70. The first-order valence-electron chi connectivity index (χ1n) is 6.36. The highest BCUT2D eigenvalue weighted by Gasteiger charge is 2.14. The molecule has 0 unspecified atom stereocenters. The second-order valence-electron chi connectivity index (χ2n) is 4.27. The number of pyridine rings is 1. The molecular formula is C14H19N3OS. The third-order valence-corrected chi connectivity index (χ3v) is 3.91. The van der Waals surface area contributed by atoms with E-state index in [0.29, 0.717) is 6.61 Å². The molecule has 0 aliphatic rings. The molecule has 0 fully saturated rings. The first-order chi connectivity index (χ1) is 9.26. The average Bonchev–Trinajstić information content (AvgIpc) is 2.80. The Labute approximate surface area is 117 Å². The minimum Gasteiger partial charge on any atom is -0.378 e. The Morgan fingerprint density at radius 1 is 1.42 bits per heavy atom. The number of methoxy groups -OCH3 is 1. The highest BCUT2D eigenvalue weighted by Crippen LogP contribution is 2.29. The van der Waals surface area contributed by atoms with Crippen LogP contribution in [0.4, 0.5) is 0 Å². The summed E-state index contributed by atoms with van der Waals surface area (Å²) in [6, 6.07) is 4.01. The van der Waals surface area contributed by atoms with Gasteiger partial charge in [0.1, 0.15) is 10.7 Å². The fraction of sp³-hybridized carbons (Fsp3) is 0.429. The van der Waals surface area contributed by atoms with Crippen molar-refractivity contribution in [1.82, 2.24) is 15.3 Å². The Kier molecular flexibility index (Phi) is 5.01. The molecule has 0 aliphatic carbocycles. The van der Waals surface area contributed by atoms with Gasteiger partial charge in [-0.1, -0.05) is 13.0 Å².